The van der Waals surface area contributed by atoms with E-state index in [1.807, 2.05) is 43.3 Å². The number of nitrogens with zero attached hydrogens (tertiary/aromatic N) is 2. The molecule has 1 aromatic carbocycles. The van der Waals surface area contributed by atoms with Gasteiger partial charge in [0.15, 0.2) is 0 Å². The molecule has 8 heteroatoms. The Labute approximate surface area is 196 Å². The number of hydrogen-bond donors (Lipinski definition) is 0. The molecule has 33 heavy (non-hydrogen) atoms. The summed E-state index contributed by atoms with van der Waals surface area (Å²) >= 11 is 0. The molecule has 2 aromatic rings. The molecule has 1 aliphatic heterocycles. The smallest absolute Gasteiger partial charge is 0.340 e. The molecule has 0 unspecified atom stereocenters. The second-order valence-corrected chi connectivity index (χ2v) is 11.2. The zero-order chi connectivity index (χ0) is 23.5. The van der Waals surface area contributed by atoms with Crippen LogP contribution in [-0.4, -0.2) is 55.3 Å². The number of morpholine rings is 1. The molecule has 4 rings (SSSR count). The van der Waals surface area contributed by atoms with E-state index >= 15 is 0 Å². The van der Waals surface area contributed by atoms with Crippen LogP contribution in [0.15, 0.2) is 36.4 Å². The number of carbonyl (C=O) groups is 1. The molecule has 2 fully saturated rings. The second kappa shape index (κ2) is 9.99. The predicted octanol–water partition coefficient (Wildman–Crippen LogP) is 3.65. The largest absolute Gasteiger partial charge is 0.457 e. The monoisotopic (exact) mass is 474 g/mol. The lowest BCUT2D eigenvalue weighted by Crippen LogP contribution is -2.42. The Morgan fingerprint density at radius 3 is 2.48 bits per heavy atom. The van der Waals surface area contributed by atoms with Crippen LogP contribution >= 0.6 is 0 Å². The van der Waals surface area contributed by atoms with Gasteiger partial charge in [-0.1, -0.05) is 43.7 Å². The minimum atomic E-state index is -3.39. The number of carbonyl (C=O) groups excluding carboxylic acids is 1. The molecule has 0 bridgehead atoms. The van der Waals surface area contributed by atoms with Crippen LogP contribution in [0, 0.1) is 6.92 Å². The number of aromatic nitrogens is 1. The Balaban J connectivity index is 1.56. The Morgan fingerprint density at radius 2 is 1.85 bits per heavy atom. The van der Waals surface area contributed by atoms with E-state index in [-0.39, 0.29) is 23.7 Å². The van der Waals surface area contributed by atoms with E-state index in [1.54, 1.807) is 0 Å². The Morgan fingerprint density at radius 1 is 1.15 bits per heavy atom. The van der Waals surface area contributed by atoms with Crippen molar-refractivity contribution in [1.82, 2.24) is 8.87 Å². The van der Waals surface area contributed by atoms with Crippen LogP contribution in [0.25, 0.3) is 0 Å². The van der Waals surface area contributed by atoms with Crippen LogP contribution in [-0.2, 0) is 38.1 Å². The van der Waals surface area contributed by atoms with Crippen molar-refractivity contribution < 1.29 is 22.7 Å². The topological polar surface area (TPSA) is 77.8 Å². The molecular formula is C25H34N2O5S. The Bertz CT molecular complexity index is 1070. The van der Waals surface area contributed by atoms with Crippen molar-refractivity contribution in [3.63, 3.8) is 0 Å². The molecule has 2 aliphatic rings. The maximum Gasteiger partial charge on any atom is 0.340 e. The van der Waals surface area contributed by atoms with Gasteiger partial charge in [0.2, 0.25) is 10.0 Å². The first kappa shape index (κ1) is 24.0. The second-order valence-electron chi connectivity index (χ2n) is 9.10. The van der Waals surface area contributed by atoms with Crippen LogP contribution in [0.2, 0.25) is 0 Å². The number of sulfonamides is 1. The van der Waals surface area contributed by atoms with Crippen LogP contribution in [0.5, 0.6) is 0 Å². The molecule has 1 saturated carbocycles. The number of benzene rings is 1. The maximum atomic E-state index is 13.0. The van der Waals surface area contributed by atoms with Crippen molar-refractivity contribution in [3.05, 3.63) is 58.9 Å². The molecule has 7 nitrogen and oxygen atoms in total. The third-order valence-corrected chi connectivity index (χ3v) is 8.71. The van der Waals surface area contributed by atoms with E-state index in [0.717, 1.165) is 42.6 Å². The number of rotatable bonds is 10. The van der Waals surface area contributed by atoms with Gasteiger partial charge in [-0.2, -0.15) is 4.31 Å². The van der Waals surface area contributed by atoms with E-state index in [9.17, 15) is 13.2 Å². The minimum Gasteiger partial charge on any atom is -0.457 e. The standard InChI is InChI=1S/C25H34N2O5S/c1-3-9-25(10-11-25)23-18-22(24(28)32-19-21-7-5-4-6-8-21)20(2)27(23)14-17-33(29,30)26-12-15-31-16-13-26/h4-8,18H,3,9-17,19H2,1-2H3. The lowest BCUT2D eigenvalue weighted by Gasteiger charge is -2.27. The average Bonchev–Trinajstić information content (AvgIpc) is 3.53. The van der Waals surface area contributed by atoms with Crippen molar-refractivity contribution in [2.45, 2.75) is 58.1 Å². The molecule has 0 amide bonds. The third kappa shape index (κ3) is 5.34. The van der Waals surface area contributed by atoms with E-state index in [1.165, 1.54) is 4.31 Å². The van der Waals surface area contributed by atoms with E-state index < -0.39 is 10.0 Å². The summed E-state index contributed by atoms with van der Waals surface area (Å²) in [7, 11) is -3.39. The highest BCUT2D eigenvalue weighted by Gasteiger charge is 2.46. The van der Waals surface area contributed by atoms with Gasteiger partial charge in [0.25, 0.3) is 0 Å². The highest BCUT2D eigenvalue weighted by Crippen LogP contribution is 2.52. The number of ether oxygens (including phenoxy) is 2. The van der Waals surface area contributed by atoms with Crippen LogP contribution in [0.4, 0.5) is 0 Å². The van der Waals surface area contributed by atoms with Gasteiger partial charge in [-0.05, 0) is 37.8 Å². The summed E-state index contributed by atoms with van der Waals surface area (Å²) in [6, 6.07) is 11.6. The SMILES string of the molecule is CCCC1(c2cc(C(=O)OCc3ccccc3)c(C)n2CCS(=O)(=O)N2CCOCC2)CC1. The van der Waals surface area contributed by atoms with Gasteiger partial charge in [0, 0.05) is 36.4 Å². The lowest BCUT2D eigenvalue weighted by molar-refractivity contribution is 0.0471. The quantitative estimate of drug-likeness (QED) is 0.491. The van der Waals surface area contributed by atoms with E-state index in [0.29, 0.717) is 38.4 Å². The Kier molecular flexibility index (Phi) is 7.26. The van der Waals surface area contributed by atoms with Gasteiger partial charge < -0.3 is 14.0 Å². The van der Waals surface area contributed by atoms with Gasteiger partial charge in [-0.25, -0.2) is 13.2 Å². The molecule has 1 saturated heterocycles. The highest BCUT2D eigenvalue weighted by molar-refractivity contribution is 7.89. The summed E-state index contributed by atoms with van der Waals surface area (Å²) in [5.41, 5.74) is 3.37. The third-order valence-electron chi connectivity index (χ3n) is 6.86. The van der Waals surface area contributed by atoms with Crippen molar-refractivity contribution in [2.24, 2.45) is 0 Å². The molecule has 2 heterocycles. The molecular weight excluding hydrogens is 440 g/mol. The fraction of sp³-hybridized carbons (Fsp3) is 0.560. The fourth-order valence-corrected chi connectivity index (χ4v) is 6.18. The molecule has 0 atom stereocenters. The summed E-state index contributed by atoms with van der Waals surface area (Å²) in [5.74, 6) is -0.351. The minimum absolute atomic E-state index is 0.0101. The summed E-state index contributed by atoms with van der Waals surface area (Å²) in [6.07, 6.45) is 4.22. The molecule has 1 aromatic heterocycles. The van der Waals surface area contributed by atoms with Gasteiger partial charge in [-0.15, -0.1) is 0 Å². The van der Waals surface area contributed by atoms with Crippen molar-refractivity contribution in [1.29, 1.82) is 0 Å². The first-order chi connectivity index (χ1) is 15.9. The zero-order valence-electron chi connectivity index (χ0n) is 19.6. The van der Waals surface area contributed by atoms with Gasteiger partial charge in [-0.3, -0.25) is 0 Å². The zero-order valence-corrected chi connectivity index (χ0v) is 20.4. The average molecular weight is 475 g/mol. The van der Waals surface area contributed by atoms with Crippen LogP contribution < -0.4 is 0 Å². The highest BCUT2D eigenvalue weighted by atomic mass is 32.2. The first-order valence-electron chi connectivity index (χ1n) is 11.8. The summed E-state index contributed by atoms with van der Waals surface area (Å²) in [4.78, 5) is 13.0. The van der Waals surface area contributed by atoms with E-state index in [4.69, 9.17) is 9.47 Å². The molecule has 180 valence electrons. The lowest BCUT2D eigenvalue weighted by atomic mass is 9.96. The van der Waals surface area contributed by atoms with Crippen molar-refractivity contribution >= 4 is 16.0 Å². The number of esters is 1. The van der Waals surface area contributed by atoms with Gasteiger partial charge >= 0.3 is 5.97 Å². The maximum absolute atomic E-state index is 13.0. The van der Waals surface area contributed by atoms with Crippen molar-refractivity contribution in [3.8, 4) is 0 Å². The van der Waals surface area contributed by atoms with Crippen LogP contribution in [0.3, 0.4) is 0 Å². The van der Waals surface area contributed by atoms with Gasteiger partial charge in [0.05, 0.1) is 24.5 Å². The molecule has 0 radical (unpaired) electrons. The summed E-state index contributed by atoms with van der Waals surface area (Å²) in [5, 5.41) is 0. The Hall–Kier alpha value is -2.16. The molecule has 0 N–H and O–H groups in total. The first-order valence-corrected chi connectivity index (χ1v) is 13.4. The van der Waals surface area contributed by atoms with Crippen molar-refractivity contribution in [2.75, 3.05) is 32.1 Å². The predicted molar refractivity (Wildman–Crippen MR) is 127 cm³/mol. The van der Waals surface area contributed by atoms with E-state index in [2.05, 4.69) is 11.5 Å². The van der Waals surface area contributed by atoms with Crippen LogP contribution in [0.1, 0.15) is 59.9 Å². The summed E-state index contributed by atoms with van der Waals surface area (Å²) < 4.78 is 40.4. The normalized spacial score (nSPS) is 18.2. The summed E-state index contributed by atoms with van der Waals surface area (Å²) in [6.45, 7) is 6.27. The van der Waals surface area contributed by atoms with Gasteiger partial charge in [0.1, 0.15) is 6.61 Å². The fourth-order valence-electron chi connectivity index (χ4n) is 4.80. The molecule has 0 spiro atoms. The number of hydrogen-bond acceptors (Lipinski definition) is 5. The molecule has 1 aliphatic carbocycles.